The Morgan fingerprint density at radius 1 is 1.30 bits per heavy atom. The number of nitrogens with zero attached hydrogens (tertiary/aromatic N) is 3. The quantitative estimate of drug-likeness (QED) is 0.603. The van der Waals surface area contributed by atoms with E-state index in [4.69, 9.17) is 4.42 Å². The van der Waals surface area contributed by atoms with Gasteiger partial charge in [0, 0.05) is 45.2 Å². The molecule has 0 bridgehead atoms. The summed E-state index contributed by atoms with van der Waals surface area (Å²) >= 11 is 0. The Morgan fingerprint density at radius 3 is 2.67 bits per heavy atom. The molecule has 2 aliphatic rings. The van der Waals surface area contributed by atoms with E-state index in [-0.39, 0.29) is 29.6 Å². The minimum Gasteiger partial charge on any atom is -0.407 e. The molecule has 0 aliphatic carbocycles. The molecule has 2 aliphatic heterocycles. The van der Waals surface area contributed by atoms with Crippen LogP contribution in [0.2, 0.25) is 0 Å². The lowest BCUT2D eigenvalue weighted by Gasteiger charge is -2.17. The Bertz CT molecular complexity index is 912. The third kappa shape index (κ3) is 3.70. The molecule has 0 unspecified atom stereocenters. The Balaban J connectivity index is 0.00000210. The highest BCUT2D eigenvalue weighted by Gasteiger charge is 2.37. The highest BCUT2D eigenvalue weighted by molar-refractivity contribution is 5.85. The fourth-order valence-electron chi connectivity index (χ4n) is 3.99. The van der Waals surface area contributed by atoms with Crippen molar-refractivity contribution in [2.75, 3.05) is 26.2 Å². The van der Waals surface area contributed by atoms with Gasteiger partial charge in [-0.2, -0.15) is 0 Å². The SMILES string of the molecule is Cl.O=C(CCCn1c(=O)oc2cc([N+](=O)[O-])ccc21)N1C[C@H]2CNC[C@H]2C1. The lowest BCUT2D eigenvalue weighted by atomic mass is 10.0. The second kappa shape index (κ2) is 7.69. The second-order valence-corrected chi connectivity index (χ2v) is 7.01. The lowest BCUT2D eigenvalue weighted by Crippen LogP contribution is -2.32. The number of aromatic nitrogens is 1. The second-order valence-electron chi connectivity index (χ2n) is 7.01. The van der Waals surface area contributed by atoms with Crippen molar-refractivity contribution in [1.82, 2.24) is 14.8 Å². The van der Waals surface area contributed by atoms with Gasteiger partial charge in [-0.25, -0.2) is 4.79 Å². The van der Waals surface area contributed by atoms with Gasteiger partial charge in [0.2, 0.25) is 5.91 Å². The van der Waals surface area contributed by atoms with Crippen LogP contribution in [0.25, 0.3) is 11.1 Å². The number of amides is 1. The number of nitro benzene ring substituents is 1. The molecule has 2 aromatic rings. The minimum atomic E-state index is -0.560. The van der Waals surface area contributed by atoms with Gasteiger partial charge in [0.05, 0.1) is 16.5 Å². The van der Waals surface area contributed by atoms with E-state index in [9.17, 15) is 19.7 Å². The van der Waals surface area contributed by atoms with Crippen molar-refractivity contribution in [3.63, 3.8) is 0 Å². The summed E-state index contributed by atoms with van der Waals surface area (Å²) < 4.78 is 6.52. The first kappa shape index (κ1) is 19.4. The van der Waals surface area contributed by atoms with E-state index in [0.717, 1.165) is 26.2 Å². The first-order chi connectivity index (χ1) is 12.5. The number of carbonyl (C=O) groups excluding carboxylic acids is 1. The highest BCUT2D eigenvalue weighted by Crippen LogP contribution is 2.27. The lowest BCUT2D eigenvalue weighted by molar-refractivity contribution is -0.384. The molecule has 146 valence electrons. The number of halogens is 1. The van der Waals surface area contributed by atoms with Crippen LogP contribution in [0.15, 0.2) is 27.4 Å². The van der Waals surface area contributed by atoms with Gasteiger partial charge in [-0.15, -0.1) is 12.4 Å². The summed E-state index contributed by atoms with van der Waals surface area (Å²) in [5, 5.41) is 14.2. The van der Waals surface area contributed by atoms with E-state index >= 15 is 0 Å². The van der Waals surface area contributed by atoms with Crippen molar-refractivity contribution in [2.24, 2.45) is 11.8 Å². The number of hydrogen-bond acceptors (Lipinski definition) is 6. The summed E-state index contributed by atoms with van der Waals surface area (Å²) in [4.78, 5) is 36.6. The molecular formula is C17H21ClN4O5. The number of hydrogen-bond donors (Lipinski definition) is 1. The number of nitro groups is 1. The Hall–Kier alpha value is -2.39. The average Bonchev–Trinajstić information content (AvgIpc) is 3.27. The number of rotatable bonds is 5. The topological polar surface area (TPSA) is 111 Å². The zero-order valence-electron chi connectivity index (χ0n) is 14.6. The normalized spacial score (nSPS) is 21.3. The van der Waals surface area contributed by atoms with Crippen molar-refractivity contribution >= 4 is 35.1 Å². The molecular weight excluding hydrogens is 376 g/mol. The molecule has 27 heavy (non-hydrogen) atoms. The maximum atomic E-state index is 12.4. The number of carbonyl (C=O) groups is 1. The fraction of sp³-hybridized carbons (Fsp3) is 0.529. The standard InChI is InChI=1S/C17H20N4O5.ClH/c22-16(19-9-11-7-18-8-12(11)10-19)2-1-5-20-14-4-3-13(21(24)25)6-15(14)26-17(20)23;/h3-4,6,11-12,18H,1-2,5,7-10H2;1H/t11-,12+;. The summed E-state index contributed by atoms with van der Waals surface area (Å²) in [6, 6.07) is 4.10. The first-order valence-corrected chi connectivity index (χ1v) is 8.79. The van der Waals surface area contributed by atoms with Crippen molar-refractivity contribution in [3.8, 4) is 0 Å². The van der Waals surface area contributed by atoms with E-state index in [0.29, 0.717) is 36.7 Å². The van der Waals surface area contributed by atoms with Gasteiger partial charge in [-0.05, 0) is 24.3 Å². The molecule has 2 saturated heterocycles. The van der Waals surface area contributed by atoms with Crippen LogP contribution in [0, 0.1) is 22.0 Å². The predicted molar refractivity (Wildman–Crippen MR) is 100 cm³/mol. The van der Waals surface area contributed by atoms with Crippen LogP contribution in [0.3, 0.4) is 0 Å². The Kier molecular flexibility index (Phi) is 5.52. The summed E-state index contributed by atoms with van der Waals surface area (Å²) in [6.07, 6.45) is 0.896. The van der Waals surface area contributed by atoms with E-state index < -0.39 is 10.7 Å². The van der Waals surface area contributed by atoms with Crippen molar-refractivity contribution < 1.29 is 14.1 Å². The smallest absolute Gasteiger partial charge is 0.407 e. The number of fused-ring (bicyclic) bond motifs is 2. The van der Waals surface area contributed by atoms with Crippen molar-refractivity contribution in [2.45, 2.75) is 19.4 Å². The maximum Gasteiger partial charge on any atom is 0.419 e. The molecule has 0 radical (unpaired) electrons. The van der Waals surface area contributed by atoms with Crippen LogP contribution in [-0.4, -0.2) is 46.5 Å². The molecule has 1 aromatic carbocycles. The number of aryl methyl sites for hydroxylation is 1. The number of benzene rings is 1. The zero-order chi connectivity index (χ0) is 18.3. The van der Waals surface area contributed by atoms with Gasteiger partial charge >= 0.3 is 5.76 Å². The van der Waals surface area contributed by atoms with Gasteiger partial charge in [0.25, 0.3) is 5.69 Å². The fourth-order valence-corrected chi connectivity index (χ4v) is 3.99. The highest BCUT2D eigenvalue weighted by atomic mass is 35.5. The van der Waals surface area contributed by atoms with Gasteiger partial charge < -0.3 is 14.6 Å². The summed E-state index contributed by atoms with van der Waals surface area (Å²) in [5.41, 5.74) is 0.577. The molecule has 3 heterocycles. The maximum absolute atomic E-state index is 12.4. The molecule has 2 atom stereocenters. The Morgan fingerprint density at radius 2 is 2.00 bits per heavy atom. The predicted octanol–water partition coefficient (Wildman–Crippen LogP) is 1.38. The van der Waals surface area contributed by atoms with Crippen LogP contribution in [0.5, 0.6) is 0 Å². The number of oxazole rings is 1. The summed E-state index contributed by atoms with van der Waals surface area (Å²) in [5.74, 6) is 0.691. The molecule has 10 heteroatoms. The molecule has 1 aromatic heterocycles. The minimum absolute atomic E-state index is 0. The summed E-state index contributed by atoms with van der Waals surface area (Å²) in [6.45, 7) is 3.94. The van der Waals surface area contributed by atoms with Crippen molar-refractivity contribution in [3.05, 3.63) is 38.9 Å². The van der Waals surface area contributed by atoms with Gasteiger partial charge in [0.15, 0.2) is 5.58 Å². The molecule has 9 nitrogen and oxygen atoms in total. The van der Waals surface area contributed by atoms with E-state index in [1.165, 1.54) is 22.8 Å². The van der Waals surface area contributed by atoms with E-state index in [1.807, 2.05) is 4.90 Å². The summed E-state index contributed by atoms with van der Waals surface area (Å²) in [7, 11) is 0. The van der Waals surface area contributed by atoms with Gasteiger partial charge in [0.1, 0.15) is 0 Å². The zero-order valence-corrected chi connectivity index (χ0v) is 15.4. The van der Waals surface area contributed by atoms with E-state index in [1.54, 1.807) is 0 Å². The number of non-ortho nitro benzene ring substituents is 1. The molecule has 0 saturated carbocycles. The van der Waals surface area contributed by atoms with Crippen LogP contribution in [0.1, 0.15) is 12.8 Å². The largest absolute Gasteiger partial charge is 0.419 e. The van der Waals surface area contributed by atoms with Crippen LogP contribution >= 0.6 is 12.4 Å². The molecule has 2 fully saturated rings. The van der Waals surface area contributed by atoms with E-state index in [2.05, 4.69) is 5.32 Å². The number of nitrogens with one attached hydrogen (secondary N) is 1. The van der Waals surface area contributed by atoms with Gasteiger partial charge in [-0.3, -0.25) is 19.5 Å². The molecule has 0 spiro atoms. The van der Waals surface area contributed by atoms with Crippen LogP contribution in [0.4, 0.5) is 5.69 Å². The Labute approximate surface area is 160 Å². The van der Waals surface area contributed by atoms with Crippen molar-refractivity contribution in [1.29, 1.82) is 0 Å². The third-order valence-corrected chi connectivity index (χ3v) is 5.38. The molecule has 1 amide bonds. The van der Waals surface area contributed by atoms with Crippen LogP contribution < -0.4 is 11.1 Å². The molecule has 1 N–H and O–H groups in total. The third-order valence-electron chi connectivity index (χ3n) is 5.38. The molecule has 4 rings (SSSR count). The monoisotopic (exact) mass is 396 g/mol. The number of likely N-dealkylation sites (tertiary alicyclic amines) is 1. The van der Waals surface area contributed by atoms with Crippen LogP contribution in [-0.2, 0) is 11.3 Å². The average molecular weight is 397 g/mol. The van der Waals surface area contributed by atoms with Gasteiger partial charge in [-0.1, -0.05) is 0 Å². The first-order valence-electron chi connectivity index (χ1n) is 8.79.